The van der Waals surface area contributed by atoms with Gasteiger partial charge in [0.05, 0.1) is 11.2 Å². The summed E-state index contributed by atoms with van der Waals surface area (Å²) < 4.78 is 25.4. The fourth-order valence-corrected chi connectivity index (χ4v) is 1.77. The summed E-state index contributed by atoms with van der Waals surface area (Å²) in [7, 11) is -0.856. The van der Waals surface area contributed by atoms with Crippen LogP contribution in [0.25, 0.3) is 0 Å². The van der Waals surface area contributed by atoms with Gasteiger partial charge in [-0.2, -0.15) is 0 Å². The van der Waals surface area contributed by atoms with E-state index in [1.165, 1.54) is 13.1 Å². The molecule has 2 rings (SSSR count). The molecule has 0 N–H and O–H groups in total. The molecule has 1 fully saturated rings. The van der Waals surface area contributed by atoms with Crippen LogP contribution in [0.5, 0.6) is 0 Å². The van der Waals surface area contributed by atoms with Crippen molar-refractivity contribution in [1.82, 2.24) is 4.98 Å². The first kappa shape index (κ1) is 14.2. The van der Waals surface area contributed by atoms with E-state index < -0.39 is 24.1 Å². The van der Waals surface area contributed by atoms with Gasteiger partial charge in [0, 0.05) is 11.8 Å². The first-order chi connectivity index (χ1) is 8.64. The van der Waals surface area contributed by atoms with Gasteiger partial charge in [-0.05, 0) is 40.7 Å². The summed E-state index contributed by atoms with van der Waals surface area (Å²) >= 11 is 0. The average Bonchev–Trinajstić information content (AvgIpc) is 2.47. The maximum Gasteiger partial charge on any atom is 0.517 e. The number of halogens is 1. The molecule has 102 valence electrons. The highest BCUT2D eigenvalue weighted by molar-refractivity contribution is 6.61. The van der Waals surface area contributed by atoms with E-state index in [9.17, 15) is 9.18 Å². The summed E-state index contributed by atoms with van der Waals surface area (Å²) in [5.74, 6) is -0.821. The van der Waals surface area contributed by atoms with Gasteiger partial charge in [-0.1, -0.05) is 0 Å². The quantitative estimate of drug-likeness (QED) is 0.603. The molecule has 0 amide bonds. The van der Waals surface area contributed by atoms with Gasteiger partial charge in [0.15, 0.2) is 5.78 Å². The van der Waals surface area contributed by atoms with Gasteiger partial charge in [-0.15, -0.1) is 0 Å². The summed E-state index contributed by atoms with van der Waals surface area (Å²) in [6.07, 6.45) is 1.34. The number of pyridine rings is 1. The highest BCUT2D eigenvalue weighted by atomic mass is 19.1. The van der Waals surface area contributed by atoms with Crippen LogP contribution in [0.3, 0.4) is 0 Å². The third-order valence-electron chi connectivity index (χ3n) is 3.75. The van der Waals surface area contributed by atoms with Crippen molar-refractivity contribution in [2.45, 2.75) is 45.8 Å². The minimum absolute atomic E-state index is 0.0728. The van der Waals surface area contributed by atoms with E-state index in [2.05, 4.69) is 4.98 Å². The van der Waals surface area contributed by atoms with Gasteiger partial charge in [-0.3, -0.25) is 9.78 Å². The van der Waals surface area contributed by atoms with Crippen molar-refractivity contribution in [1.29, 1.82) is 0 Å². The van der Waals surface area contributed by atoms with E-state index in [0.717, 1.165) is 6.07 Å². The van der Waals surface area contributed by atoms with Gasteiger partial charge < -0.3 is 9.31 Å². The lowest BCUT2D eigenvalue weighted by atomic mass is 9.83. The third-order valence-corrected chi connectivity index (χ3v) is 3.75. The summed E-state index contributed by atoms with van der Waals surface area (Å²) in [5.41, 5.74) is -0.794. The van der Waals surface area contributed by atoms with Crippen LogP contribution in [0.1, 0.15) is 45.0 Å². The second-order valence-electron chi connectivity index (χ2n) is 5.74. The van der Waals surface area contributed by atoms with Crippen LogP contribution in [-0.2, 0) is 9.31 Å². The molecule has 0 atom stereocenters. The molecule has 0 saturated carbocycles. The van der Waals surface area contributed by atoms with Crippen LogP contribution < -0.4 is 5.59 Å². The Morgan fingerprint density at radius 3 is 2.21 bits per heavy atom. The first-order valence-electron chi connectivity index (χ1n) is 6.16. The summed E-state index contributed by atoms with van der Waals surface area (Å²) in [6, 6.07) is 1.16. The molecule has 1 saturated heterocycles. The van der Waals surface area contributed by atoms with E-state index in [0.29, 0.717) is 0 Å². The van der Waals surface area contributed by atoms with Crippen molar-refractivity contribution in [2.75, 3.05) is 0 Å². The Labute approximate surface area is 112 Å². The van der Waals surface area contributed by atoms with E-state index in [1.807, 2.05) is 27.7 Å². The van der Waals surface area contributed by atoms with Crippen molar-refractivity contribution in [3.05, 3.63) is 23.6 Å². The number of carbonyl (C=O) groups excluding carboxylic acids is 1. The summed E-state index contributed by atoms with van der Waals surface area (Å²) in [4.78, 5) is 15.1. The molecule has 1 aliphatic rings. The lowest BCUT2D eigenvalue weighted by molar-refractivity contribution is 0.00578. The topological polar surface area (TPSA) is 48.4 Å². The number of hydrogen-bond donors (Lipinski definition) is 0. The fourth-order valence-electron chi connectivity index (χ4n) is 1.77. The minimum Gasteiger partial charge on any atom is -0.398 e. The number of aromatic nitrogens is 1. The Morgan fingerprint density at radius 2 is 1.79 bits per heavy atom. The fraction of sp³-hybridized carbons (Fsp3) is 0.538. The lowest BCUT2D eigenvalue weighted by Gasteiger charge is -2.32. The Balaban J connectivity index is 2.33. The van der Waals surface area contributed by atoms with Gasteiger partial charge in [0.2, 0.25) is 0 Å². The molecule has 0 bridgehead atoms. The maximum absolute atomic E-state index is 14.0. The minimum atomic E-state index is -0.856. The van der Waals surface area contributed by atoms with E-state index in [4.69, 9.17) is 9.31 Å². The second-order valence-corrected chi connectivity index (χ2v) is 5.74. The summed E-state index contributed by atoms with van der Waals surface area (Å²) in [6.45, 7) is 8.90. The maximum atomic E-state index is 14.0. The molecule has 1 aromatic rings. The molecule has 2 heterocycles. The first-order valence-corrected chi connectivity index (χ1v) is 6.16. The molecular formula is C13H17BFNO3. The number of Topliss-reactive ketones (excluding diaryl/α,β-unsaturated/α-hetero) is 1. The van der Waals surface area contributed by atoms with Gasteiger partial charge in [0.1, 0.15) is 11.4 Å². The molecule has 0 aromatic carbocycles. The molecule has 0 unspecified atom stereocenters. The van der Waals surface area contributed by atoms with Crippen molar-refractivity contribution >= 4 is 18.5 Å². The van der Waals surface area contributed by atoms with E-state index >= 15 is 0 Å². The zero-order valence-electron chi connectivity index (χ0n) is 11.8. The molecule has 0 radical (unpaired) electrons. The van der Waals surface area contributed by atoms with Crippen LogP contribution >= 0.6 is 0 Å². The zero-order chi connectivity index (χ0) is 14.4. The van der Waals surface area contributed by atoms with Crippen LogP contribution in [0.15, 0.2) is 12.3 Å². The smallest absolute Gasteiger partial charge is 0.398 e. The monoisotopic (exact) mass is 265 g/mol. The number of hydrogen-bond acceptors (Lipinski definition) is 4. The molecule has 1 aromatic heterocycles. The molecule has 0 spiro atoms. The average molecular weight is 265 g/mol. The van der Waals surface area contributed by atoms with Crippen molar-refractivity contribution < 1.29 is 18.5 Å². The van der Waals surface area contributed by atoms with Gasteiger partial charge >= 0.3 is 7.12 Å². The normalized spacial score (nSPS) is 20.6. The lowest BCUT2D eigenvalue weighted by Crippen LogP contribution is -2.41. The second kappa shape index (κ2) is 4.39. The Morgan fingerprint density at radius 1 is 1.26 bits per heavy atom. The predicted octanol–water partition coefficient (Wildman–Crippen LogP) is 1.72. The van der Waals surface area contributed by atoms with Crippen LogP contribution in [0.2, 0.25) is 0 Å². The number of carbonyl (C=O) groups is 1. The van der Waals surface area contributed by atoms with Crippen molar-refractivity contribution in [2.24, 2.45) is 0 Å². The largest absolute Gasteiger partial charge is 0.517 e. The van der Waals surface area contributed by atoms with Gasteiger partial charge in [-0.25, -0.2) is 4.39 Å². The zero-order valence-corrected chi connectivity index (χ0v) is 11.8. The van der Waals surface area contributed by atoms with Crippen LogP contribution in [-0.4, -0.2) is 29.1 Å². The third kappa shape index (κ3) is 2.42. The highest BCUT2D eigenvalue weighted by Crippen LogP contribution is 2.36. The van der Waals surface area contributed by atoms with Gasteiger partial charge in [0.25, 0.3) is 0 Å². The van der Waals surface area contributed by atoms with E-state index in [-0.39, 0.29) is 16.9 Å². The number of rotatable bonds is 2. The molecule has 6 heteroatoms. The van der Waals surface area contributed by atoms with Crippen LogP contribution in [0, 0.1) is 5.82 Å². The Bertz CT molecular complexity index is 515. The Hall–Kier alpha value is -1.27. The predicted molar refractivity (Wildman–Crippen MR) is 69.9 cm³/mol. The molecule has 19 heavy (non-hydrogen) atoms. The molecule has 0 aliphatic carbocycles. The highest BCUT2D eigenvalue weighted by Gasteiger charge is 2.53. The molecule has 1 aliphatic heterocycles. The van der Waals surface area contributed by atoms with E-state index in [1.54, 1.807) is 0 Å². The van der Waals surface area contributed by atoms with Crippen LogP contribution in [0.4, 0.5) is 4.39 Å². The Kier molecular flexibility index (Phi) is 3.27. The number of ketones is 1. The molecular weight excluding hydrogens is 248 g/mol. The summed E-state index contributed by atoms with van der Waals surface area (Å²) in [5, 5.41) is 0. The standard InChI is InChI=1S/C13H17BFNO3/c1-8(17)9-6-10(15)11(16-7-9)14-18-12(2,3)13(4,5)19-14/h6-7H,1-5H3. The number of nitrogens with zero attached hydrogens (tertiary/aromatic N) is 1. The van der Waals surface area contributed by atoms with Crippen molar-refractivity contribution in [3.8, 4) is 0 Å². The SMILES string of the molecule is CC(=O)c1cnc(B2OC(C)(C)C(C)(C)O2)c(F)c1. The molecule has 4 nitrogen and oxygen atoms in total. The van der Waals surface area contributed by atoms with Crippen molar-refractivity contribution in [3.63, 3.8) is 0 Å².